The molecule has 6 nitrogen and oxygen atoms in total. The fourth-order valence-corrected chi connectivity index (χ4v) is 4.94. The van der Waals surface area contributed by atoms with Crippen LogP contribution in [0.15, 0.2) is 54.7 Å². The van der Waals surface area contributed by atoms with E-state index in [1.54, 1.807) is 6.20 Å². The molecular formula is C26H29N5O. The average molecular weight is 428 g/mol. The van der Waals surface area contributed by atoms with Gasteiger partial charge in [0, 0.05) is 12.6 Å². The molecule has 0 unspecified atom stereocenters. The van der Waals surface area contributed by atoms with Crippen molar-refractivity contribution in [2.45, 2.75) is 52.6 Å². The summed E-state index contributed by atoms with van der Waals surface area (Å²) in [4.78, 5) is 20.7. The number of amides is 1. The van der Waals surface area contributed by atoms with Gasteiger partial charge in [-0.25, -0.2) is 9.67 Å². The molecule has 1 aliphatic rings. The second-order valence-corrected chi connectivity index (χ2v) is 8.92. The SMILES string of the molecule is Cc1ccccc1-n1ncc(C(=O)N2CCC[C@@H]2c2nc3ccccc3n2C(C)C)c1C. The monoisotopic (exact) mass is 427 g/mol. The van der Waals surface area contributed by atoms with Crippen LogP contribution in [0.5, 0.6) is 0 Å². The summed E-state index contributed by atoms with van der Waals surface area (Å²) in [6.45, 7) is 9.12. The van der Waals surface area contributed by atoms with Crippen LogP contribution in [-0.4, -0.2) is 36.7 Å². The number of carbonyl (C=O) groups is 1. The molecule has 0 N–H and O–H groups in total. The highest BCUT2D eigenvalue weighted by atomic mass is 16.2. The van der Waals surface area contributed by atoms with Crippen molar-refractivity contribution in [3.63, 3.8) is 0 Å². The fourth-order valence-electron chi connectivity index (χ4n) is 4.94. The van der Waals surface area contributed by atoms with Gasteiger partial charge in [0.1, 0.15) is 5.82 Å². The Morgan fingerprint density at radius 1 is 1.06 bits per heavy atom. The molecule has 2 aromatic heterocycles. The van der Waals surface area contributed by atoms with Gasteiger partial charge in [0.15, 0.2) is 0 Å². The predicted octanol–water partition coefficient (Wildman–Crippen LogP) is 5.40. The zero-order valence-electron chi connectivity index (χ0n) is 19.1. The Morgan fingerprint density at radius 2 is 1.81 bits per heavy atom. The molecule has 5 rings (SSSR count). The van der Waals surface area contributed by atoms with Gasteiger partial charge < -0.3 is 9.47 Å². The van der Waals surface area contributed by atoms with Crippen LogP contribution in [0, 0.1) is 13.8 Å². The molecule has 0 saturated carbocycles. The van der Waals surface area contributed by atoms with Gasteiger partial charge in [0.25, 0.3) is 5.91 Å². The maximum Gasteiger partial charge on any atom is 0.257 e. The number of hydrogen-bond donors (Lipinski definition) is 0. The van der Waals surface area contributed by atoms with Gasteiger partial charge in [-0.05, 0) is 64.3 Å². The number of rotatable bonds is 4. The highest BCUT2D eigenvalue weighted by Crippen LogP contribution is 2.36. The molecule has 1 atom stereocenters. The summed E-state index contributed by atoms with van der Waals surface area (Å²) in [6.07, 6.45) is 3.61. The minimum absolute atomic E-state index is 0.0292. The van der Waals surface area contributed by atoms with Crippen molar-refractivity contribution < 1.29 is 4.79 Å². The molecule has 4 aromatic rings. The normalized spacial score (nSPS) is 16.4. The van der Waals surface area contributed by atoms with Crippen LogP contribution < -0.4 is 0 Å². The van der Waals surface area contributed by atoms with Crippen LogP contribution in [0.4, 0.5) is 0 Å². The van der Waals surface area contributed by atoms with E-state index in [4.69, 9.17) is 4.98 Å². The van der Waals surface area contributed by atoms with Gasteiger partial charge >= 0.3 is 0 Å². The number of likely N-dealkylation sites (tertiary alicyclic amines) is 1. The van der Waals surface area contributed by atoms with Crippen molar-refractivity contribution in [1.82, 2.24) is 24.2 Å². The van der Waals surface area contributed by atoms with Gasteiger partial charge in [-0.1, -0.05) is 30.3 Å². The maximum absolute atomic E-state index is 13.7. The Balaban J connectivity index is 1.53. The number of imidazole rings is 1. The molecule has 164 valence electrons. The molecule has 32 heavy (non-hydrogen) atoms. The number of fused-ring (bicyclic) bond motifs is 1. The lowest BCUT2D eigenvalue weighted by Crippen LogP contribution is -2.32. The minimum atomic E-state index is -0.0292. The van der Waals surface area contributed by atoms with Crippen molar-refractivity contribution in [2.75, 3.05) is 6.54 Å². The van der Waals surface area contributed by atoms with Crippen molar-refractivity contribution in [1.29, 1.82) is 0 Å². The molecule has 3 heterocycles. The number of para-hydroxylation sites is 3. The lowest BCUT2D eigenvalue weighted by molar-refractivity contribution is 0.0726. The first-order valence-corrected chi connectivity index (χ1v) is 11.4. The highest BCUT2D eigenvalue weighted by Gasteiger charge is 2.36. The number of hydrogen-bond acceptors (Lipinski definition) is 3. The van der Waals surface area contributed by atoms with Crippen LogP contribution >= 0.6 is 0 Å². The van der Waals surface area contributed by atoms with Gasteiger partial charge in [-0.2, -0.15) is 5.10 Å². The molecule has 2 aromatic carbocycles. The van der Waals surface area contributed by atoms with Crippen molar-refractivity contribution in [3.05, 3.63) is 77.4 Å². The number of benzene rings is 2. The van der Waals surface area contributed by atoms with Gasteiger partial charge in [-0.15, -0.1) is 0 Å². The Labute approximate surface area is 188 Å². The zero-order valence-corrected chi connectivity index (χ0v) is 19.1. The van der Waals surface area contributed by atoms with E-state index in [0.29, 0.717) is 5.56 Å². The second kappa shape index (κ2) is 7.93. The predicted molar refractivity (Wildman–Crippen MR) is 126 cm³/mol. The van der Waals surface area contributed by atoms with Crippen LogP contribution in [0.25, 0.3) is 16.7 Å². The third kappa shape index (κ3) is 3.22. The molecule has 1 amide bonds. The van der Waals surface area contributed by atoms with E-state index in [0.717, 1.165) is 53.2 Å². The van der Waals surface area contributed by atoms with Crippen molar-refractivity contribution in [2.24, 2.45) is 0 Å². The van der Waals surface area contributed by atoms with Crippen LogP contribution in [0.1, 0.15) is 66.2 Å². The van der Waals surface area contributed by atoms with E-state index in [2.05, 4.69) is 48.6 Å². The average Bonchev–Trinajstić information content (AvgIpc) is 3.50. The van der Waals surface area contributed by atoms with Gasteiger partial charge in [0.2, 0.25) is 0 Å². The van der Waals surface area contributed by atoms with E-state index >= 15 is 0 Å². The standard InChI is InChI=1S/C26H29N5O/c1-17(2)30-23-13-8-6-11-21(23)28-25(30)24-14-9-15-29(24)26(32)20-16-27-31(19(20)4)22-12-7-5-10-18(22)3/h5-8,10-13,16-17,24H,9,14-15H2,1-4H3/t24-/m1/s1. The number of aromatic nitrogens is 4. The molecule has 0 spiro atoms. The fraction of sp³-hybridized carbons (Fsp3) is 0.346. The topological polar surface area (TPSA) is 56.0 Å². The first kappa shape index (κ1) is 20.5. The molecular weight excluding hydrogens is 398 g/mol. The molecule has 1 aliphatic heterocycles. The summed E-state index contributed by atoms with van der Waals surface area (Å²) < 4.78 is 4.16. The Bertz CT molecular complexity index is 1300. The molecule has 1 saturated heterocycles. The van der Waals surface area contributed by atoms with Crippen molar-refractivity contribution in [3.8, 4) is 5.69 Å². The van der Waals surface area contributed by atoms with Crippen molar-refractivity contribution >= 4 is 16.9 Å². The summed E-state index contributed by atoms with van der Waals surface area (Å²) in [5.74, 6) is 1.02. The van der Waals surface area contributed by atoms with Crippen LogP contribution in [0.2, 0.25) is 0 Å². The third-order valence-corrected chi connectivity index (χ3v) is 6.54. The summed E-state index contributed by atoms with van der Waals surface area (Å²) in [5.41, 5.74) is 5.77. The molecule has 0 radical (unpaired) electrons. The van der Waals surface area contributed by atoms with E-state index in [9.17, 15) is 4.79 Å². The quantitative estimate of drug-likeness (QED) is 0.438. The summed E-state index contributed by atoms with van der Waals surface area (Å²) in [5, 5.41) is 4.57. The smallest absolute Gasteiger partial charge is 0.257 e. The van der Waals surface area contributed by atoms with E-state index in [1.165, 1.54) is 0 Å². The number of carbonyl (C=O) groups excluding carboxylic acids is 1. The van der Waals surface area contributed by atoms with E-state index < -0.39 is 0 Å². The second-order valence-electron chi connectivity index (χ2n) is 8.92. The minimum Gasteiger partial charge on any atom is -0.328 e. The summed E-state index contributed by atoms with van der Waals surface area (Å²) >= 11 is 0. The maximum atomic E-state index is 13.7. The van der Waals surface area contributed by atoms with E-state index in [1.807, 2.05) is 46.8 Å². The molecule has 0 aliphatic carbocycles. The summed E-state index contributed by atoms with van der Waals surface area (Å²) in [6, 6.07) is 16.6. The number of aryl methyl sites for hydroxylation is 1. The Morgan fingerprint density at radius 3 is 2.59 bits per heavy atom. The third-order valence-electron chi connectivity index (χ3n) is 6.54. The lowest BCUT2D eigenvalue weighted by atomic mass is 10.1. The first-order valence-electron chi connectivity index (χ1n) is 11.4. The Hall–Kier alpha value is -3.41. The number of nitrogens with zero attached hydrogens (tertiary/aromatic N) is 5. The van der Waals surface area contributed by atoms with E-state index in [-0.39, 0.29) is 18.0 Å². The molecule has 6 heteroatoms. The van der Waals surface area contributed by atoms with Crippen LogP contribution in [-0.2, 0) is 0 Å². The summed E-state index contributed by atoms with van der Waals surface area (Å²) in [7, 11) is 0. The Kier molecular flexibility index (Phi) is 5.08. The molecule has 0 bridgehead atoms. The largest absolute Gasteiger partial charge is 0.328 e. The van der Waals surface area contributed by atoms with Gasteiger partial charge in [-0.3, -0.25) is 4.79 Å². The highest BCUT2D eigenvalue weighted by molar-refractivity contribution is 5.95. The zero-order chi connectivity index (χ0) is 22.4. The van der Waals surface area contributed by atoms with Gasteiger partial charge in [0.05, 0.1) is 40.2 Å². The molecule has 1 fully saturated rings. The van der Waals surface area contributed by atoms with Crippen LogP contribution in [0.3, 0.4) is 0 Å². The lowest BCUT2D eigenvalue weighted by Gasteiger charge is -2.26. The first-order chi connectivity index (χ1) is 15.5.